The van der Waals surface area contributed by atoms with Gasteiger partial charge in [-0.25, -0.2) is 0 Å². The van der Waals surface area contributed by atoms with Crippen LogP contribution in [0, 0.1) is 0 Å². The minimum Gasteiger partial charge on any atom is -0.312 e. The predicted octanol–water partition coefficient (Wildman–Crippen LogP) is 4.01. The normalized spacial score (nSPS) is 21.9. The number of aryl methyl sites for hydroxylation is 3. The Kier molecular flexibility index (Phi) is 3.56. The van der Waals surface area contributed by atoms with Crippen LogP contribution < -0.4 is 5.32 Å². The van der Waals surface area contributed by atoms with E-state index in [1.54, 1.807) is 10.4 Å². The van der Waals surface area contributed by atoms with Crippen molar-refractivity contribution < 1.29 is 0 Å². The molecule has 2 unspecified atom stereocenters. The van der Waals surface area contributed by atoms with E-state index >= 15 is 0 Å². The molecule has 2 aromatic heterocycles. The summed E-state index contributed by atoms with van der Waals surface area (Å²) in [7, 11) is 2.10. The Morgan fingerprint density at radius 1 is 1.24 bits per heavy atom. The van der Waals surface area contributed by atoms with E-state index in [4.69, 9.17) is 0 Å². The van der Waals surface area contributed by atoms with Crippen molar-refractivity contribution in [2.24, 2.45) is 0 Å². The van der Waals surface area contributed by atoms with Crippen LogP contribution in [0.25, 0.3) is 0 Å². The van der Waals surface area contributed by atoms with Crippen molar-refractivity contribution in [3.8, 4) is 0 Å². The van der Waals surface area contributed by atoms with E-state index in [1.165, 1.54) is 54.7 Å². The first-order valence-corrected chi connectivity index (χ1v) is 8.91. The van der Waals surface area contributed by atoms with Gasteiger partial charge < -0.3 is 5.32 Å². The summed E-state index contributed by atoms with van der Waals surface area (Å²) in [5, 5.41) is 3.58. The second-order valence-corrected chi connectivity index (χ2v) is 7.43. The Morgan fingerprint density at radius 3 is 3.00 bits per heavy atom. The van der Waals surface area contributed by atoms with Crippen LogP contribution in [0.15, 0.2) is 24.4 Å². The highest BCUT2D eigenvalue weighted by atomic mass is 32.1. The third kappa shape index (κ3) is 2.33. The number of aromatic nitrogens is 1. The zero-order valence-electron chi connectivity index (χ0n) is 12.6. The highest BCUT2D eigenvalue weighted by molar-refractivity contribution is 7.12. The van der Waals surface area contributed by atoms with Gasteiger partial charge in [0.15, 0.2) is 0 Å². The van der Waals surface area contributed by atoms with Gasteiger partial charge in [-0.1, -0.05) is 6.07 Å². The fourth-order valence-electron chi connectivity index (χ4n) is 3.98. The molecule has 0 aromatic carbocycles. The number of rotatable bonds is 3. The van der Waals surface area contributed by atoms with E-state index in [0.717, 1.165) is 0 Å². The van der Waals surface area contributed by atoms with Gasteiger partial charge in [-0.2, -0.15) is 0 Å². The van der Waals surface area contributed by atoms with E-state index in [-0.39, 0.29) is 0 Å². The molecule has 2 aliphatic carbocycles. The summed E-state index contributed by atoms with van der Waals surface area (Å²) in [6.07, 6.45) is 9.64. The summed E-state index contributed by atoms with van der Waals surface area (Å²) in [6.45, 7) is 0. The summed E-state index contributed by atoms with van der Waals surface area (Å²) in [4.78, 5) is 7.84. The topological polar surface area (TPSA) is 24.9 Å². The third-order valence-corrected chi connectivity index (χ3v) is 6.36. The van der Waals surface area contributed by atoms with E-state index in [2.05, 4.69) is 35.5 Å². The monoisotopic (exact) mass is 298 g/mol. The van der Waals surface area contributed by atoms with Crippen LogP contribution in [0.2, 0.25) is 0 Å². The molecule has 110 valence electrons. The molecule has 21 heavy (non-hydrogen) atoms. The fourth-order valence-corrected chi connectivity index (χ4v) is 5.41. The quantitative estimate of drug-likeness (QED) is 0.926. The second kappa shape index (κ2) is 5.54. The summed E-state index contributed by atoms with van der Waals surface area (Å²) in [5.41, 5.74) is 4.38. The van der Waals surface area contributed by atoms with Crippen molar-refractivity contribution in [1.82, 2.24) is 10.3 Å². The number of fused-ring (bicyclic) bond motifs is 2. The van der Waals surface area contributed by atoms with Crippen molar-refractivity contribution in [2.75, 3.05) is 7.05 Å². The largest absolute Gasteiger partial charge is 0.312 e. The molecule has 2 aliphatic rings. The van der Waals surface area contributed by atoms with Gasteiger partial charge in [0, 0.05) is 33.6 Å². The van der Waals surface area contributed by atoms with Gasteiger partial charge in [-0.15, -0.1) is 11.3 Å². The SMILES string of the molecule is CNC(c1cc2c(s1)CCCC2)C1CCc2cccnc21. The number of hydrogen-bond acceptors (Lipinski definition) is 3. The zero-order valence-corrected chi connectivity index (χ0v) is 13.4. The minimum absolute atomic E-state index is 0.428. The molecule has 4 rings (SSSR count). The number of nitrogens with one attached hydrogen (secondary N) is 1. The van der Waals surface area contributed by atoms with Crippen LogP contribution in [0.3, 0.4) is 0 Å². The van der Waals surface area contributed by atoms with Crippen LogP contribution in [-0.2, 0) is 19.3 Å². The Bertz CT molecular complexity index is 623. The Morgan fingerprint density at radius 2 is 2.14 bits per heavy atom. The number of hydrogen-bond donors (Lipinski definition) is 1. The molecule has 2 atom stereocenters. The summed E-state index contributed by atoms with van der Waals surface area (Å²) in [6, 6.07) is 7.21. The molecule has 0 spiro atoms. The molecule has 0 aliphatic heterocycles. The lowest BCUT2D eigenvalue weighted by Gasteiger charge is -2.22. The molecular formula is C18H22N2S. The van der Waals surface area contributed by atoms with Gasteiger partial charge in [0.1, 0.15) is 0 Å². The van der Waals surface area contributed by atoms with Crippen molar-refractivity contribution in [2.45, 2.75) is 50.5 Å². The van der Waals surface area contributed by atoms with Crippen LogP contribution in [0.5, 0.6) is 0 Å². The lowest BCUT2D eigenvalue weighted by molar-refractivity contribution is 0.476. The molecule has 2 heterocycles. The molecule has 2 nitrogen and oxygen atoms in total. The molecule has 0 fully saturated rings. The molecule has 2 aromatic rings. The average molecular weight is 298 g/mol. The van der Waals surface area contributed by atoms with Crippen molar-refractivity contribution >= 4 is 11.3 Å². The maximum atomic E-state index is 4.68. The standard InChI is InChI=1S/C18H22N2S/c1-19-18(14-9-8-12-6-4-10-20-17(12)14)16-11-13-5-2-3-7-15(13)21-16/h4,6,10-11,14,18-19H,2-3,5,7-9H2,1H3. The van der Waals surface area contributed by atoms with Crippen LogP contribution in [0.1, 0.15) is 57.8 Å². The molecule has 1 N–H and O–H groups in total. The van der Waals surface area contributed by atoms with Crippen molar-refractivity contribution in [1.29, 1.82) is 0 Å². The second-order valence-electron chi connectivity index (χ2n) is 6.26. The third-order valence-electron chi connectivity index (χ3n) is 5.04. The predicted molar refractivity (Wildman–Crippen MR) is 88.1 cm³/mol. The van der Waals surface area contributed by atoms with E-state index in [9.17, 15) is 0 Å². The van der Waals surface area contributed by atoms with Gasteiger partial charge in [-0.05, 0) is 68.8 Å². The van der Waals surface area contributed by atoms with Crippen LogP contribution >= 0.6 is 11.3 Å². The average Bonchev–Trinajstić information content (AvgIpc) is 3.13. The number of likely N-dealkylation sites (N-methyl/N-ethyl adjacent to an activating group) is 1. The van der Waals surface area contributed by atoms with Crippen LogP contribution in [-0.4, -0.2) is 12.0 Å². The van der Waals surface area contributed by atoms with E-state index in [1.807, 2.05) is 17.5 Å². The van der Waals surface area contributed by atoms with Gasteiger partial charge in [-0.3, -0.25) is 4.98 Å². The highest BCUT2D eigenvalue weighted by Gasteiger charge is 2.32. The van der Waals surface area contributed by atoms with Gasteiger partial charge in [0.25, 0.3) is 0 Å². The summed E-state index contributed by atoms with van der Waals surface area (Å²) >= 11 is 2.04. The molecular weight excluding hydrogens is 276 g/mol. The van der Waals surface area contributed by atoms with Gasteiger partial charge in [0.2, 0.25) is 0 Å². The molecule has 0 saturated carbocycles. The smallest absolute Gasteiger partial charge is 0.0497 e. The summed E-state index contributed by atoms with van der Waals surface area (Å²) < 4.78 is 0. The number of thiophene rings is 1. The molecule has 0 amide bonds. The summed E-state index contributed by atoms with van der Waals surface area (Å²) in [5.74, 6) is 0.534. The zero-order chi connectivity index (χ0) is 14.2. The Balaban J connectivity index is 1.68. The lowest BCUT2D eigenvalue weighted by Crippen LogP contribution is -2.22. The maximum Gasteiger partial charge on any atom is 0.0497 e. The highest BCUT2D eigenvalue weighted by Crippen LogP contribution is 2.43. The number of nitrogens with zero attached hydrogens (tertiary/aromatic N) is 1. The molecule has 0 radical (unpaired) electrons. The first-order valence-electron chi connectivity index (χ1n) is 8.09. The number of pyridine rings is 1. The molecule has 0 bridgehead atoms. The van der Waals surface area contributed by atoms with Gasteiger partial charge >= 0.3 is 0 Å². The Hall–Kier alpha value is -1.19. The minimum atomic E-state index is 0.428. The molecule has 3 heteroatoms. The molecule has 0 saturated heterocycles. The van der Waals surface area contributed by atoms with Crippen molar-refractivity contribution in [3.63, 3.8) is 0 Å². The van der Waals surface area contributed by atoms with E-state index in [0.29, 0.717) is 12.0 Å². The fraction of sp³-hybridized carbons (Fsp3) is 0.500. The lowest BCUT2D eigenvalue weighted by atomic mass is 9.93. The van der Waals surface area contributed by atoms with Crippen LogP contribution in [0.4, 0.5) is 0 Å². The first kappa shape index (κ1) is 13.5. The first-order chi connectivity index (χ1) is 10.4. The van der Waals surface area contributed by atoms with E-state index < -0.39 is 0 Å². The Labute approximate surface area is 130 Å². The van der Waals surface area contributed by atoms with Gasteiger partial charge in [0.05, 0.1) is 0 Å². The maximum absolute atomic E-state index is 4.68. The van der Waals surface area contributed by atoms with Crippen molar-refractivity contribution in [3.05, 3.63) is 51.0 Å².